The third kappa shape index (κ3) is 6.63. The number of carbonyl (C=O) groups is 2. The van der Waals surface area contributed by atoms with Gasteiger partial charge in [0.1, 0.15) is 0 Å². The van der Waals surface area contributed by atoms with Crippen molar-refractivity contribution < 1.29 is 14.7 Å². The molecule has 0 radical (unpaired) electrons. The van der Waals surface area contributed by atoms with Crippen molar-refractivity contribution in [2.24, 2.45) is 0 Å². The van der Waals surface area contributed by atoms with Gasteiger partial charge in [0.25, 0.3) is 5.91 Å². The Kier molecular flexibility index (Phi) is 7.83. The van der Waals surface area contributed by atoms with E-state index in [1.165, 1.54) is 0 Å². The van der Waals surface area contributed by atoms with E-state index in [-0.39, 0.29) is 12.3 Å². The normalized spacial score (nSPS) is 10.4. The SMILES string of the molecule is CCCCN(CCCCC(=O)O)C(=O)c1ccc(Cl)cc1. The number of carboxylic acid groups (broad SMARTS) is 1. The Balaban J connectivity index is 2.60. The van der Waals surface area contributed by atoms with Crippen LogP contribution in [0.2, 0.25) is 5.02 Å². The third-order valence-corrected chi connectivity index (χ3v) is 3.48. The zero-order valence-corrected chi connectivity index (χ0v) is 13.1. The second-order valence-electron chi connectivity index (χ2n) is 5.00. The molecule has 1 aromatic carbocycles. The summed E-state index contributed by atoms with van der Waals surface area (Å²) in [5, 5.41) is 9.25. The van der Waals surface area contributed by atoms with E-state index in [4.69, 9.17) is 16.7 Å². The predicted octanol–water partition coefficient (Wildman–Crippen LogP) is 3.84. The van der Waals surface area contributed by atoms with Crippen LogP contribution in [0.15, 0.2) is 24.3 Å². The number of amides is 1. The number of halogens is 1. The van der Waals surface area contributed by atoms with E-state index in [9.17, 15) is 9.59 Å². The zero-order valence-electron chi connectivity index (χ0n) is 12.3. The van der Waals surface area contributed by atoms with Gasteiger partial charge in [0.2, 0.25) is 0 Å². The van der Waals surface area contributed by atoms with E-state index in [1.807, 2.05) is 0 Å². The van der Waals surface area contributed by atoms with Gasteiger partial charge in [-0.25, -0.2) is 0 Å². The molecule has 1 rings (SSSR count). The van der Waals surface area contributed by atoms with Crippen LogP contribution in [0, 0.1) is 0 Å². The monoisotopic (exact) mass is 311 g/mol. The molecule has 1 aromatic rings. The fraction of sp³-hybridized carbons (Fsp3) is 0.500. The quantitative estimate of drug-likeness (QED) is 0.705. The molecule has 0 aliphatic rings. The van der Waals surface area contributed by atoms with Gasteiger partial charge in [-0.2, -0.15) is 0 Å². The first-order valence-corrected chi connectivity index (χ1v) is 7.69. The van der Waals surface area contributed by atoms with Crippen LogP contribution in [0.4, 0.5) is 0 Å². The molecule has 0 aliphatic carbocycles. The fourth-order valence-corrected chi connectivity index (χ4v) is 2.14. The van der Waals surface area contributed by atoms with Gasteiger partial charge < -0.3 is 10.0 Å². The molecule has 0 unspecified atom stereocenters. The van der Waals surface area contributed by atoms with Crippen LogP contribution in [0.1, 0.15) is 49.4 Å². The Morgan fingerprint density at radius 2 is 1.71 bits per heavy atom. The van der Waals surface area contributed by atoms with Crippen molar-refractivity contribution in [3.8, 4) is 0 Å². The number of benzene rings is 1. The van der Waals surface area contributed by atoms with Crippen molar-refractivity contribution in [3.05, 3.63) is 34.9 Å². The summed E-state index contributed by atoms with van der Waals surface area (Å²) >= 11 is 5.83. The summed E-state index contributed by atoms with van der Waals surface area (Å²) in [6, 6.07) is 6.86. The molecule has 0 fully saturated rings. The number of nitrogens with zero attached hydrogens (tertiary/aromatic N) is 1. The van der Waals surface area contributed by atoms with Crippen molar-refractivity contribution in [3.63, 3.8) is 0 Å². The summed E-state index contributed by atoms with van der Waals surface area (Å²) in [6.07, 6.45) is 3.40. The van der Waals surface area contributed by atoms with Crippen LogP contribution in [-0.2, 0) is 4.79 Å². The molecular formula is C16H22ClNO3. The lowest BCUT2D eigenvalue weighted by Gasteiger charge is -2.22. The molecular weight excluding hydrogens is 290 g/mol. The summed E-state index contributed by atoms with van der Waals surface area (Å²) in [5.41, 5.74) is 0.619. The standard InChI is InChI=1S/C16H22ClNO3/c1-2-3-11-18(12-5-4-6-15(19)20)16(21)13-7-9-14(17)10-8-13/h7-10H,2-6,11-12H2,1H3,(H,19,20). The van der Waals surface area contributed by atoms with Crippen molar-refractivity contribution in [1.82, 2.24) is 4.90 Å². The van der Waals surface area contributed by atoms with Gasteiger partial charge in [-0.05, 0) is 43.5 Å². The Labute approximate surface area is 130 Å². The van der Waals surface area contributed by atoms with E-state index < -0.39 is 5.97 Å². The number of unbranched alkanes of at least 4 members (excludes halogenated alkanes) is 2. The van der Waals surface area contributed by atoms with Crippen LogP contribution in [0.5, 0.6) is 0 Å². The molecule has 0 saturated heterocycles. The van der Waals surface area contributed by atoms with Crippen molar-refractivity contribution in [1.29, 1.82) is 0 Å². The smallest absolute Gasteiger partial charge is 0.303 e. The maximum absolute atomic E-state index is 12.5. The minimum Gasteiger partial charge on any atom is -0.481 e. The Morgan fingerprint density at radius 1 is 1.10 bits per heavy atom. The van der Waals surface area contributed by atoms with Gasteiger partial charge >= 0.3 is 5.97 Å². The first-order valence-electron chi connectivity index (χ1n) is 7.31. The van der Waals surface area contributed by atoms with Crippen molar-refractivity contribution >= 4 is 23.5 Å². The van der Waals surface area contributed by atoms with Crippen LogP contribution in [0.25, 0.3) is 0 Å². The summed E-state index contributed by atoms with van der Waals surface area (Å²) in [4.78, 5) is 24.8. The minimum absolute atomic E-state index is 0.0181. The molecule has 0 aromatic heterocycles. The molecule has 1 N–H and O–H groups in total. The topological polar surface area (TPSA) is 57.6 Å². The van der Waals surface area contributed by atoms with Gasteiger partial charge in [-0.1, -0.05) is 24.9 Å². The average molecular weight is 312 g/mol. The highest BCUT2D eigenvalue weighted by Crippen LogP contribution is 2.13. The van der Waals surface area contributed by atoms with E-state index in [0.717, 1.165) is 12.8 Å². The highest BCUT2D eigenvalue weighted by molar-refractivity contribution is 6.30. The van der Waals surface area contributed by atoms with Crippen LogP contribution in [0.3, 0.4) is 0 Å². The van der Waals surface area contributed by atoms with E-state index >= 15 is 0 Å². The summed E-state index contributed by atoms with van der Waals surface area (Å²) < 4.78 is 0. The third-order valence-electron chi connectivity index (χ3n) is 3.23. The first-order chi connectivity index (χ1) is 10.0. The number of rotatable bonds is 9. The van der Waals surface area contributed by atoms with E-state index in [1.54, 1.807) is 29.2 Å². The van der Waals surface area contributed by atoms with Gasteiger partial charge in [-0.15, -0.1) is 0 Å². The van der Waals surface area contributed by atoms with Gasteiger partial charge in [0.05, 0.1) is 0 Å². The lowest BCUT2D eigenvalue weighted by Crippen LogP contribution is -2.33. The second-order valence-corrected chi connectivity index (χ2v) is 5.44. The predicted molar refractivity (Wildman–Crippen MR) is 83.8 cm³/mol. The lowest BCUT2D eigenvalue weighted by atomic mass is 10.1. The molecule has 0 aliphatic heterocycles. The molecule has 0 bridgehead atoms. The molecule has 1 amide bonds. The minimum atomic E-state index is -0.792. The maximum atomic E-state index is 12.5. The molecule has 116 valence electrons. The largest absolute Gasteiger partial charge is 0.481 e. The summed E-state index contributed by atoms with van der Waals surface area (Å²) in [7, 11) is 0. The van der Waals surface area contributed by atoms with Gasteiger partial charge in [-0.3, -0.25) is 9.59 Å². The van der Waals surface area contributed by atoms with E-state index in [2.05, 4.69) is 6.92 Å². The molecule has 0 spiro atoms. The number of carbonyl (C=O) groups excluding carboxylic acids is 1. The van der Waals surface area contributed by atoms with Crippen molar-refractivity contribution in [2.45, 2.75) is 39.0 Å². The average Bonchev–Trinajstić information content (AvgIpc) is 2.46. The molecule has 5 heteroatoms. The highest BCUT2D eigenvalue weighted by atomic mass is 35.5. The number of hydrogen-bond donors (Lipinski definition) is 1. The summed E-state index contributed by atoms with van der Waals surface area (Å²) in [6.45, 7) is 3.37. The second kappa shape index (κ2) is 9.40. The number of hydrogen-bond acceptors (Lipinski definition) is 2. The molecule has 0 saturated carbocycles. The van der Waals surface area contributed by atoms with Crippen LogP contribution < -0.4 is 0 Å². The Morgan fingerprint density at radius 3 is 2.29 bits per heavy atom. The maximum Gasteiger partial charge on any atom is 0.303 e. The zero-order chi connectivity index (χ0) is 15.7. The van der Waals surface area contributed by atoms with Crippen molar-refractivity contribution in [2.75, 3.05) is 13.1 Å². The molecule has 0 atom stereocenters. The first kappa shape index (κ1) is 17.5. The number of aliphatic carboxylic acids is 1. The number of carboxylic acids is 1. The molecule has 0 heterocycles. The Bertz CT molecular complexity index is 459. The Hall–Kier alpha value is -1.55. The highest BCUT2D eigenvalue weighted by Gasteiger charge is 2.15. The van der Waals surface area contributed by atoms with Gasteiger partial charge in [0, 0.05) is 30.1 Å². The fourth-order valence-electron chi connectivity index (χ4n) is 2.02. The molecule has 4 nitrogen and oxygen atoms in total. The van der Waals surface area contributed by atoms with Crippen LogP contribution in [-0.4, -0.2) is 35.0 Å². The van der Waals surface area contributed by atoms with Gasteiger partial charge in [0.15, 0.2) is 0 Å². The molecule has 21 heavy (non-hydrogen) atoms. The summed E-state index contributed by atoms with van der Waals surface area (Å²) in [5.74, 6) is -0.811. The lowest BCUT2D eigenvalue weighted by molar-refractivity contribution is -0.137. The van der Waals surface area contributed by atoms with E-state index in [0.29, 0.717) is 36.5 Å². The van der Waals surface area contributed by atoms with Crippen LogP contribution >= 0.6 is 11.6 Å².